The highest BCUT2D eigenvalue weighted by Gasteiger charge is 2.39. The third-order valence-electron chi connectivity index (χ3n) is 4.58. The Balaban J connectivity index is 1.42. The normalized spacial score (nSPS) is 20.6. The van der Waals surface area contributed by atoms with Gasteiger partial charge in [-0.05, 0) is 24.3 Å². The number of aromatic nitrogens is 1. The smallest absolute Gasteiger partial charge is 0.357 e. The molecular weight excluding hydrogens is 328 g/mol. The number of fused-ring (bicyclic) bond motifs is 1. The molecule has 2 aromatic rings. The minimum Gasteiger partial charge on any atom is -0.461 e. The number of hydrogen-bond donors (Lipinski definition) is 0. The van der Waals surface area contributed by atoms with E-state index in [1.807, 2.05) is 29.2 Å². The Kier molecular flexibility index (Phi) is 3.88. The van der Waals surface area contributed by atoms with Gasteiger partial charge in [-0.2, -0.15) is 0 Å². The zero-order chi connectivity index (χ0) is 16.7. The minimum absolute atomic E-state index is 0.0676. The first-order valence-corrected chi connectivity index (χ1v) is 8.51. The van der Waals surface area contributed by atoms with E-state index in [0.29, 0.717) is 19.0 Å². The van der Waals surface area contributed by atoms with Gasteiger partial charge >= 0.3 is 5.97 Å². The van der Waals surface area contributed by atoms with Crippen LogP contribution in [0, 0.1) is 5.92 Å². The fourth-order valence-corrected chi connectivity index (χ4v) is 3.45. The van der Waals surface area contributed by atoms with E-state index < -0.39 is 5.97 Å². The molecule has 1 unspecified atom stereocenters. The summed E-state index contributed by atoms with van der Waals surface area (Å²) in [6, 6.07) is 9.58. The van der Waals surface area contributed by atoms with Crippen LogP contribution in [-0.2, 0) is 9.53 Å². The lowest BCUT2D eigenvalue weighted by molar-refractivity contribution is -0.128. The minimum atomic E-state index is -0.500. The van der Waals surface area contributed by atoms with Crippen LogP contribution < -0.4 is 0 Å². The molecule has 1 aromatic heterocycles. The Hall–Kier alpha value is -2.14. The number of esters is 1. The number of likely N-dealkylation sites (tertiary alicyclic amines) is 1. The summed E-state index contributed by atoms with van der Waals surface area (Å²) < 4.78 is 5.37. The number of nitrogens with zero attached hydrogens (tertiary/aromatic N) is 2. The molecule has 1 atom stereocenters. The number of pyridine rings is 1. The molecule has 0 spiro atoms. The Morgan fingerprint density at radius 2 is 2.12 bits per heavy atom. The number of carbonyl (C=O) groups is 2. The fraction of sp³-hybridized carbons (Fsp3) is 0.389. The summed E-state index contributed by atoms with van der Waals surface area (Å²) in [5.74, 6) is -0.261. The Morgan fingerprint density at radius 3 is 2.92 bits per heavy atom. The zero-order valence-corrected chi connectivity index (χ0v) is 13.8. The monoisotopic (exact) mass is 344 g/mol. The highest BCUT2D eigenvalue weighted by molar-refractivity contribution is 6.34. The molecule has 6 heteroatoms. The van der Waals surface area contributed by atoms with Crippen molar-refractivity contribution in [2.75, 3.05) is 13.2 Å². The average Bonchev–Trinajstić information content (AvgIpc) is 3.35. The van der Waals surface area contributed by atoms with E-state index in [-0.39, 0.29) is 29.3 Å². The van der Waals surface area contributed by atoms with Gasteiger partial charge in [0.25, 0.3) is 0 Å². The maximum Gasteiger partial charge on any atom is 0.357 e. The van der Waals surface area contributed by atoms with E-state index in [0.717, 1.165) is 23.6 Å². The molecule has 0 N–H and O–H groups in total. The van der Waals surface area contributed by atoms with Gasteiger partial charge in [0.15, 0.2) is 5.69 Å². The van der Waals surface area contributed by atoms with Crippen molar-refractivity contribution in [3.8, 4) is 0 Å². The second kappa shape index (κ2) is 6.06. The number of carbonyl (C=O) groups excluding carboxylic acids is 2. The standard InChI is InChI=1S/C18H17ClN2O3/c19-17-14-4-2-1-3-12(14)8-15(20-17)18(23)24-10-11-7-16(22)21(9-11)13-5-6-13/h1-4,8,11,13H,5-7,9-10H2. The summed E-state index contributed by atoms with van der Waals surface area (Å²) >= 11 is 6.14. The zero-order valence-electron chi connectivity index (χ0n) is 13.1. The van der Waals surface area contributed by atoms with Crippen LogP contribution in [0.3, 0.4) is 0 Å². The number of rotatable bonds is 4. The highest BCUT2D eigenvalue weighted by atomic mass is 35.5. The summed E-state index contributed by atoms with van der Waals surface area (Å²) in [5.41, 5.74) is 0.196. The average molecular weight is 345 g/mol. The number of hydrogen-bond acceptors (Lipinski definition) is 4. The van der Waals surface area contributed by atoms with Crippen LogP contribution in [0.1, 0.15) is 29.8 Å². The molecule has 1 aliphatic heterocycles. The second-order valence-corrected chi connectivity index (χ2v) is 6.82. The summed E-state index contributed by atoms with van der Waals surface area (Å²) in [5, 5.41) is 1.94. The van der Waals surface area contributed by atoms with Crippen LogP contribution in [0.25, 0.3) is 10.8 Å². The van der Waals surface area contributed by atoms with Gasteiger partial charge in [0.1, 0.15) is 5.15 Å². The molecule has 5 nitrogen and oxygen atoms in total. The molecule has 124 valence electrons. The number of benzene rings is 1. The van der Waals surface area contributed by atoms with E-state index in [9.17, 15) is 9.59 Å². The topological polar surface area (TPSA) is 59.5 Å². The number of halogens is 1. The van der Waals surface area contributed by atoms with E-state index in [2.05, 4.69) is 4.98 Å². The fourth-order valence-electron chi connectivity index (χ4n) is 3.19. The van der Waals surface area contributed by atoms with Gasteiger partial charge in [-0.3, -0.25) is 4.79 Å². The summed E-state index contributed by atoms with van der Waals surface area (Å²) in [7, 11) is 0. The van der Waals surface area contributed by atoms with Gasteiger partial charge in [-0.15, -0.1) is 0 Å². The van der Waals surface area contributed by atoms with E-state index >= 15 is 0 Å². The van der Waals surface area contributed by atoms with E-state index in [1.165, 1.54) is 0 Å². The third kappa shape index (κ3) is 2.96. The van der Waals surface area contributed by atoms with Crippen LogP contribution in [0.4, 0.5) is 0 Å². The predicted octanol–water partition coefficient (Wildman–Crippen LogP) is 3.06. The first-order chi connectivity index (χ1) is 11.6. The summed E-state index contributed by atoms with van der Waals surface area (Å²) in [6.07, 6.45) is 2.64. The van der Waals surface area contributed by atoms with Gasteiger partial charge in [-0.25, -0.2) is 9.78 Å². The molecule has 24 heavy (non-hydrogen) atoms. The van der Waals surface area contributed by atoms with Gasteiger partial charge < -0.3 is 9.64 Å². The van der Waals surface area contributed by atoms with Crippen LogP contribution in [0.2, 0.25) is 5.15 Å². The maximum atomic E-state index is 12.3. The Labute approximate surface area is 144 Å². The molecule has 2 aliphatic rings. The van der Waals surface area contributed by atoms with Gasteiger partial charge in [0.2, 0.25) is 5.91 Å². The van der Waals surface area contributed by atoms with Crippen molar-refractivity contribution in [1.82, 2.24) is 9.88 Å². The van der Waals surface area contributed by atoms with Crippen molar-refractivity contribution in [1.29, 1.82) is 0 Å². The van der Waals surface area contributed by atoms with Crippen molar-refractivity contribution in [3.05, 3.63) is 41.2 Å². The molecule has 2 fully saturated rings. The lowest BCUT2D eigenvalue weighted by Gasteiger charge is -2.15. The number of amides is 1. The summed E-state index contributed by atoms with van der Waals surface area (Å²) in [4.78, 5) is 30.2. The van der Waals surface area contributed by atoms with Crippen LogP contribution in [-0.4, -0.2) is 41.0 Å². The predicted molar refractivity (Wildman–Crippen MR) is 89.9 cm³/mol. The van der Waals surface area contributed by atoms with Crippen molar-refractivity contribution < 1.29 is 14.3 Å². The lowest BCUT2D eigenvalue weighted by Crippen LogP contribution is -2.28. The van der Waals surface area contributed by atoms with Gasteiger partial charge in [0, 0.05) is 30.3 Å². The first-order valence-electron chi connectivity index (χ1n) is 8.13. The molecular formula is C18H17ClN2O3. The molecule has 0 bridgehead atoms. The van der Waals surface area contributed by atoms with Crippen LogP contribution in [0.15, 0.2) is 30.3 Å². The number of ether oxygens (including phenoxy) is 1. The molecule has 1 aromatic carbocycles. The lowest BCUT2D eigenvalue weighted by atomic mass is 10.1. The maximum absolute atomic E-state index is 12.3. The second-order valence-electron chi connectivity index (χ2n) is 6.47. The van der Waals surface area contributed by atoms with Gasteiger partial charge in [-0.1, -0.05) is 35.9 Å². The van der Waals surface area contributed by atoms with Crippen molar-refractivity contribution in [2.24, 2.45) is 5.92 Å². The molecule has 2 heterocycles. The van der Waals surface area contributed by atoms with Crippen molar-refractivity contribution >= 4 is 34.2 Å². The van der Waals surface area contributed by atoms with E-state index in [1.54, 1.807) is 6.07 Å². The highest BCUT2D eigenvalue weighted by Crippen LogP contribution is 2.32. The van der Waals surface area contributed by atoms with Gasteiger partial charge in [0.05, 0.1) is 6.61 Å². The molecule has 0 radical (unpaired) electrons. The van der Waals surface area contributed by atoms with Crippen molar-refractivity contribution in [3.63, 3.8) is 0 Å². The Morgan fingerprint density at radius 1 is 1.33 bits per heavy atom. The van der Waals surface area contributed by atoms with Crippen LogP contribution in [0.5, 0.6) is 0 Å². The molecule has 1 saturated heterocycles. The molecule has 1 aliphatic carbocycles. The van der Waals surface area contributed by atoms with E-state index in [4.69, 9.17) is 16.3 Å². The first kappa shape index (κ1) is 15.4. The SMILES string of the molecule is O=C(OCC1CC(=O)N(C2CC2)C1)c1cc2ccccc2c(Cl)n1. The summed E-state index contributed by atoms with van der Waals surface area (Å²) in [6.45, 7) is 0.919. The van der Waals surface area contributed by atoms with Crippen molar-refractivity contribution in [2.45, 2.75) is 25.3 Å². The molecule has 4 rings (SSSR count). The quantitative estimate of drug-likeness (QED) is 0.632. The molecule has 1 amide bonds. The third-order valence-corrected chi connectivity index (χ3v) is 4.87. The molecule has 1 saturated carbocycles. The largest absolute Gasteiger partial charge is 0.461 e. The Bertz CT molecular complexity index is 819. The van der Waals surface area contributed by atoms with Crippen LogP contribution >= 0.6 is 11.6 Å².